The molecule has 1 aromatic heterocycles. The number of ether oxygens (including phenoxy) is 2. The monoisotopic (exact) mass is 523 g/mol. The van der Waals surface area contributed by atoms with Gasteiger partial charge < -0.3 is 25.5 Å². The molecule has 0 fully saturated rings. The van der Waals surface area contributed by atoms with E-state index in [0.717, 1.165) is 59.3 Å². The molecule has 0 atom stereocenters. The van der Waals surface area contributed by atoms with Crippen molar-refractivity contribution in [2.24, 2.45) is 11.5 Å². The van der Waals surface area contributed by atoms with Crippen LogP contribution in [0, 0.1) is 0 Å². The third kappa shape index (κ3) is 5.57. The van der Waals surface area contributed by atoms with Crippen LogP contribution in [-0.4, -0.2) is 30.9 Å². The number of hydrogen-bond donors (Lipinski definition) is 2. The second-order valence-electron chi connectivity index (χ2n) is 8.57. The van der Waals surface area contributed by atoms with Crippen molar-refractivity contribution >= 4 is 37.7 Å². The van der Waals surface area contributed by atoms with E-state index in [1.54, 1.807) is 0 Å². The molecule has 0 amide bonds. The lowest BCUT2D eigenvalue weighted by Gasteiger charge is -2.13. The molecular formula is C28H34BrN3O2. The molecule has 4 rings (SSSR count). The van der Waals surface area contributed by atoms with Crippen molar-refractivity contribution in [3.8, 4) is 22.6 Å². The number of fused-ring (bicyclic) bond motifs is 3. The average Bonchev–Trinajstić information content (AvgIpc) is 3.14. The Morgan fingerprint density at radius 2 is 1.38 bits per heavy atom. The average molecular weight is 525 g/mol. The smallest absolute Gasteiger partial charge is 0.123 e. The van der Waals surface area contributed by atoms with E-state index in [1.165, 1.54) is 21.8 Å². The Morgan fingerprint density at radius 3 is 2.06 bits per heavy atom. The Labute approximate surface area is 210 Å². The summed E-state index contributed by atoms with van der Waals surface area (Å²) in [6.07, 6.45) is 3.87. The van der Waals surface area contributed by atoms with E-state index < -0.39 is 0 Å². The van der Waals surface area contributed by atoms with Crippen LogP contribution in [0.1, 0.15) is 32.6 Å². The summed E-state index contributed by atoms with van der Waals surface area (Å²) in [5, 5.41) is 2.50. The molecule has 0 bridgehead atoms. The quantitative estimate of drug-likeness (QED) is 0.208. The summed E-state index contributed by atoms with van der Waals surface area (Å²) in [4.78, 5) is 0. The molecule has 5 nitrogen and oxygen atoms in total. The Morgan fingerprint density at radius 1 is 0.735 bits per heavy atom. The first kappa shape index (κ1) is 24.6. The summed E-state index contributed by atoms with van der Waals surface area (Å²) in [7, 11) is 0. The van der Waals surface area contributed by atoms with Crippen molar-refractivity contribution in [1.82, 2.24) is 4.57 Å². The standard InChI is InChI=1S/C28H34BrN3O2/c1-2-3-13-33-23-15-21(16-24(19-23)34-14-5-11-31)20-6-8-25-26-9-7-22(29)18-28(26)32(12-4-10-30)27(25)17-20/h6-9,15-19H,2-5,10-14,30-31H2,1H3. The van der Waals surface area contributed by atoms with Gasteiger partial charge in [-0.05, 0) is 73.8 Å². The lowest BCUT2D eigenvalue weighted by atomic mass is 10.0. The van der Waals surface area contributed by atoms with Gasteiger partial charge in [-0.2, -0.15) is 0 Å². The maximum absolute atomic E-state index is 6.05. The SMILES string of the molecule is CCCCOc1cc(OCCCN)cc(-c2ccc3c4ccc(Br)cc4n(CCCN)c3c2)c1. The largest absolute Gasteiger partial charge is 0.493 e. The molecule has 34 heavy (non-hydrogen) atoms. The van der Waals surface area contributed by atoms with Gasteiger partial charge in [-0.1, -0.05) is 47.5 Å². The van der Waals surface area contributed by atoms with Crippen LogP contribution in [-0.2, 0) is 6.54 Å². The topological polar surface area (TPSA) is 75.4 Å². The highest BCUT2D eigenvalue weighted by atomic mass is 79.9. The first-order valence-electron chi connectivity index (χ1n) is 12.2. The van der Waals surface area contributed by atoms with Gasteiger partial charge in [-0.3, -0.25) is 0 Å². The molecule has 0 radical (unpaired) electrons. The van der Waals surface area contributed by atoms with Crippen molar-refractivity contribution in [3.63, 3.8) is 0 Å². The van der Waals surface area contributed by atoms with Crippen LogP contribution in [0.3, 0.4) is 0 Å². The number of halogens is 1. The number of unbranched alkanes of at least 4 members (excludes halogenated alkanes) is 1. The molecule has 1 heterocycles. The number of rotatable bonds is 12. The van der Waals surface area contributed by atoms with Crippen molar-refractivity contribution in [3.05, 3.63) is 59.1 Å². The Balaban J connectivity index is 1.79. The van der Waals surface area contributed by atoms with Crippen molar-refractivity contribution in [2.75, 3.05) is 26.3 Å². The molecule has 0 spiro atoms. The van der Waals surface area contributed by atoms with Gasteiger partial charge in [-0.15, -0.1) is 0 Å². The summed E-state index contributed by atoms with van der Waals surface area (Å²) in [5.41, 5.74) is 16.2. The minimum absolute atomic E-state index is 0.593. The predicted molar refractivity (Wildman–Crippen MR) is 146 cm³/mol. The van der Waals surface area contributed by atoms with Crippen LogP contribution in [0.2, 0.25) is 0 Å². The van der Waals surface area contributed by atoms with E-state index in [-0.39, 0.29) is 0 Å². The van der Waals surface area contributed by atoms with Crippen molar-refractivity contribution in [2.45, 2.75) is 39.2 Å². The normalized spacial score (nSPS) is 11.4. The Hall–Kier alpha value is -2.54. The van der Waals surface area contributed by atoms with Gasteiger partial charge >= 0.3 is 0 Å². The zero-order valence-corrected chi connectivity index (χ0v) is 21.4. The lowest BCUT2D eigenvalue weighted by Crippen LogP contribution is -2.06. The highest BCUT2D eigenvalue weighted by molar-refractivity contribution is 9.10. The zero-order valence-electron chi connectivity index (χ0n) is 19.9. The third-order valence-electron chi connectivity index (χ3n) is 6.01. The summed E-state index contributed by atoms with van der Waals surface area (Å²) in [6.45, 7) is 5.61. The maximum Gasteiger partial charge on any atom is 0.123 e. The van der Waals surface area contributed by atoms with E-state index in [0.29, 0.717) is 26.3 Å². The van der Waals surface area contributed by atoms with Crippen LogP contribution < -0.4 is 20.9 Å². The van der Waals surface area contributed by atoms with E-state index in [4.69, 9.17) is 20.9 Å². The van der Waals surface area contributed by atoms with E-state index in [9.17, 15) is 0 Å². The van der Waals surface area contributed by atoms with E-state index >= 15 is 0 Å². The molecule has 180 valence electrons. The molecule has 0 aliphatic heterocycles. The van der Waals surface area contributed by atoms with Crippen LogP contribution in [0.4, 0.5) is 0 Å². The number of hydrogen-bond acceptors (Lipinski definition) is 4. The lowest BCUT2D eigenvalue weighted by molar-refractivity contribution is 0.296. The number of nitrogens with zero attached hydrogens (tertiary/aromatic N) is 1. The molecule has 0 aliphatic carbocycles. The number of nitrogens with two attached hydrogens (primary N) is 2. The minimum Gasteiger partial charge on any atom is -0.493 e. The molecule has 0 aliphatic rings. The fourth-order valence-corrected chi connectivity index (χ4v) is 4.60. The molecule has 0 saturated carbocycles. The van der Waals surface area contributed by atoms with Crippen LogP contribution in [0.25, 0.3) is 32.9 Å². The first-order valence-corrected chi connectivity index (χ1v) is 13.0. The first-order chi connectivity index (χ1) is 16.6. The summed E-state index contributed by atoms with van der Waals surface area (Å²) in [5.74, 6) is 1.64. The molecule has 3 aromatic carbocycles. The van der Waals surface area contributed by atoms with Gasteiger partial charge in [0, 0.05) is 33.4 Å². The van der Waals surface area contributed by atoms with Gasteiger partial charge in [0.1, 0.15) is 11.5 Å². The van der Waals surface area contributed by atoms with Gasteiger partial charge in [0.25, 0.3) is 0 Å². The zero-order chi connectivity index (χ0) is 23.9. The van der Waals surface area contributed by atoms with Crippen molar-refractivity contribution < 1.29 is 9.47 Å². The minimum atomic E-state index is 0.593. The van der Waals surface area contributed by atoms with Gasteiger partial charge in [0.05, 0.1) is 18.7 Å². The van der Waals surface area contributed by atoms with Gasteiger partial charge in [-0.25, -0.2) is 0 Å². The molecule has 4 N–H and O–H groups in total. The Bertz CT molecular complexity index is 1220. The van der Waals surface area contributed by atoms with E-state index in [2.05, 4.69) is 76.0 Å². The predicted octanol–water partition coefficient (Wildman–Crippen LogP) is 6.48. The number of aryl methyl sites for hydroxylation is 1. The summed E-state index contributed by atoms with van der Waals surface area (Å²) in [6, 6.07) is 19.3. The summed E-state index contributed by atoms with van der Waals surface area (Å²) < 4.78 is 15.5. The second-order valence-corrected chi connectivity index (χ2v) is 9.49. The Kier molecular flexibility index (Phi) is 8.48. The molecule has 4 aromatic rings. The number of aromatic nitrogens is 1. The maximum atomic E-state index is 6.05. The highest BCUT2D eigenvalue weighted by Crippen LogP contribution is 2.36. The van der Waals surface area contributed by atoms with E-state index in [1.807, 2.05) is 6.07 Å². The molecule has 0 unspecified atom stereocenters. The van der Waals surface area contributed by atoms with Crippen LogP contribution in [0.15, 0.2) is 59.1 Å². The van der Waals surface area contributed by atoms with Crippen LogP contribution >= 0.6 is 15.9 Å². The van der Waals surface area contributed by atoms with Crippen LogP contribution in [0.5, 0.6) is 11.5 Å². The third-order valence-corrected chi connectivity index (χ3v) is 6.51. The molecule has 0 saturated heterocycles. The van der Waals surface area contributed by atoms with Gasteiger partial charge in [0.15, 0.2) is 0 Å². The molecule has 6 heteroatoms. The van der Waals surface area contributed by atoms with Gasteiger partial charge in [0.2, 0.25) is 0 Å². The fraction of sp³-hybridized carbons (Fsp3) is 0.357. The summed E-state index contributed by atoms with van der Waals surface area (Å²) >= 11 is 3.64. The second kappa shape index (κ2) is 11.7. The van der Waals surface area contributed by atoms with Crippen molar-refractivity contribution in [1.29, 1.82) is 0 Å². The highest BCUT2D eigenvalue weighted by Gasteiger charge is 2.13. The molecular weight excluding hydrogens is 490 g/mol. The number of benzene rings is 3. The fourth-order valence-electron chi connectivity index (χ4n) is 4.25.